The molecule has 0 radical (unpaired) electrons. The number of amides is 1. The van der Waals surface area contributed by atoms with Crippen LogP contribution in [-0.4, -0.2) is 41.4 Å². The van der Waals surface area contributed by atoms with Crippen molar-refractivity contribution in [2.45, 2.75) is 18.9 Å². The van der Waals surface area contributed by atoms with Crippen molar-refractivity contribution in [3.05, 3.63) is 31.9 Å². The maximum absolute atomic E-state index is 10.9. The summed E-state index contributed by atoms with van der Waals surface area (Å²) in [6, 6.07) is 5.12. The number of nitrogens with zero attached hydrogens (tertiary/aromatic N) is 2. The number of hydrogen-bond acceptors (Lipinski definition) is 5. The Bertz CT molecular complexity index is 544. The van der Waals surface area contributed by atoms with E-state index in [9.17, 15) is 14.9 Å². The van der Waals surface area contributed by atoms with E-state index in [4.69, 9.17) is 5.73 Å². The number of nitrogens with two attached hydrogens (primary N) is 1. The standard InChI is InChI=1S/C13H17IN4O3/c14-11-7-10(18(20)21)1-2-12(11)16-9-3-5-17(6-4-9)8-13(15)19/h1-2,7,9,16H,3-6,8H2,(H2,15,19). The van der Waals surface area contributed by atoms with Gasteiger partial charge in [0.15, 0.2) is 0 Å². The first-order valence-electron chi connectivity index (χ1n) is 6.67. The molecule has 21 heavy (non-hydrogen) atoms. The minimum Gasteiger partial charge on any atom is -0.381 e. The topological polar surface area (TPSA) is 102 Å². The molecule has 3 N–H and O–H groups in total. The first kappa shape index (κ1) is 16.0. The molecule has 7 nitrogen and oxygen atoms in total. The van der Waals surface area contributed by atoms with Crippen molar-refractivity contribution in [1.29, 1.82) is 0 Å². The maximum atomic E-state index is 10.9. The average Bonchev–Trinajstić information content (AvgIpc) is 2.42. The number of halogens is 1. The van der Waals surface area contributed by atoms with E-state index in [1.54, 1.807) is 12.1 Å². The van der Waals surface area contributed by atoms with E-state index in [1.807, 2.05) is 4.90 Å². The Hall–Kier alpha value is -1.42. The fourth-order valence-electron chi connectivity index (χ4n) is 2.41. The number of carbonyl (C=O) groups excluding carboxylic acids is 1. The first-order chi connectivity index (χ1) is 9.95. The Morgan fingerprint density at radius 1 is 1.48 bits per heavy atom. The average molecular weight is 404 g/mol. The molecule has 0 bridgehead atoms. The monoisotopic (exact) mass is 404 g/mol. The summed E-state index contributed by atoms with van der Waals surface area (Å²) in [4.78, 5) is 23.2. The molecule has 1 aliphatic rings. The lowest BCUT2D eigenvalue weighted by Gasteiger charge is -2.32. The van der Waals surface area contributed by atoms with Crippen LogP contribution in [0.4, 0.5) is 11.4 Å². The smallest absolute Gasteiger partial charge is 0.270 e. The molecule has 0 spiro atoms. The van der Waals surface area contributed by atoms with Gasteiger partial charge in [-0.15, -0.1) is 0 Å². The van der Waals surface area contributed by atoms with E-state index in [0.29, 0.717) is 12.6 Å². The van der Waals surface area contributed by atoms with Crippen molar-refractivity contribution in [1.82, 2.24) is 4.90 Å². The molecule has 1 aromatic rings. The highest BCUT2D eigenvalue weighted by Crippen LogP contribution is 2.25. The number of nitrogens with one attached hydrogen (secondary N) is 1. The van der Waals surface area contributed by atoms with Gasteiger partial charge in [-0.1, -0.05) is 0 Å². The van der Waals surface area contributed by atoms with Gasteiger partial charge in [-0.3, -0.25) is 19.8 Å². The van der Waals surface area contributed by atoms with Gasteiger partial charge in [-0.05, 0) is 41.5 Å². The number of non-ortho nitro benzene ring substituents is 1. The third-order valence-electron chi connectivity index (χ3n) is 3.49. The summed E-state index contributed by atoms with van der Waals surface area (Å²) in [6.07, 6.45) is 1.83. The molecule has 0 aliphatic carbocycles. The number of rotatable bonds is 5. The lowest BCUT2D eigenvalue weighted by molar-refractivity contribution is -0.384. The highest BCUT2D eigenvalue weighted by Gasteiger charge is 2.21. The summed E-state index contributed by atoms with van der Waals surface area (Å²) in [5.41, 5.74) is 6.20. The molecular formula is C13H17IN4O3. The van der Waals surface area contributed by atoms with E-state index < -0.39 is 4.92 Å². The molecule has 1 amide bonds. The Balaban J connectivity index is 1.91. The quantitative estimate of drug-likeness (QED) is 0.441. The number of hydrogen-bond donors (Lipinski definition) is 2. The molecule has 8 heteroatoms. The van der Waals surface area contributed by atoms with Crippen LogP contribution in [0.2, 0.25) is 0 Å². The van der Waals surface area contributed by atoms with Crippen LogP contribution in [-0.2, 0) is 4.79 Å². The zero-order valence-corrected chi connectivity index (χ0v) is 13.6. The lowest BCUT2D eigenvalue weighted by atomic mass is 10.0. The summed E-state index contributed by atoms with van der Waals surface area (Å²) in [5, 5.41) is 14.1. The highest BCUT2D eigenvalue weighted by atomic mass is 127. The van der Waals surface area contributed by atoms with E-state index in [2.05, 4.69) is 27.9 Å². The Labute approximate surface area is 136 Å². The van der Waals surface area contributed by atoms with Gasteiger partial charge in [0.25, 0.3) is 5.69 Å². The van der Waals surface area contributed by atoms with Crippen LogP contribution in [0, 0.1) is 13.7 Å². The second-order valence-electron chi connectivity index (χ2n) is 5.08. The van der Waals surface area contributed by atoms with E-state index in [1.165, 1.54) is 6.07 Å². The molecule has 0 aromatic heterocycles. The van der Waals surface area contributed by atoms with Gasteiger partial charge in [0, 0.05) is 40.5 Å². The Morgan fingerprint density at radius 2 is 2.14 bits per heavy atom. The van der Waals surface area contributed by atoms with E-state index >= 15 is 0 Å². The number of likely N-dealkylation sites (tertiary alicyclic amines) is 1. The minimum atomic E-state index is -0.395. The third kappa shape index (κ3) is 4.53. The van der Waals surface area contributed by atoms with Crippen LogP contribution in [0.5, 0.6) is 0 Å². The molecule has 0 atom stereocenters. The SMILES string of the molecule is NC(=O)CN1CCC(Nc2ccc([N+](=O)[O-])cc2I)CC1. The third-order valence-corrected chi connectivity index (χ3v) is 4.38. The number of nitro benzene ring substituents is 1. The van der Waals surface area contributed by atoms with Crippen LogP contribution in [0.15, 0.2) is 18.2 Å². The molecule has 0 unspecified atom stereocenters. The van der Waals surface area contributed by atoms with E-state index in [0.717, 1.165) is 35.2 Å². The first-order valence-corrected chi connectivity index (χ1v) is 7.74. The van der Waals surface area contributed by atoms with Crippen molar-refractivity contribution < 1.29 is 9.72 Å². The minimum absolute atomic E-state index is 0.0984. The molecular weight excluding hydrogens is 387 g/mol. The van der Waals surface area contributed by atoms with Crippen molar-refractivity contribution in [2.75, 3.05) is 25.0 Å². The van der Waals surface area contributed by atoms with Gasteiger partial charge in [-0.2, -0.15) is 0 Å². The molecule has 114 valence electrons. The Kier molecular flexibility index (Phi) is 5.34. The van der Waals surface area contributed by atoms with Crippen LogP contribution in [0.3, 0.4) is 0 Å². The number of nitro groups is 1. The summed E-state index contributed by atoms with van der Waals surface area (Å²) in [5.74, 6) is -0.300. The number of anilines is 1. The zero-order chi connectivity index (χ0) is 15.4. The number of benzene rings is 1. The van der Waals surface area contributed by atoms with E-state index in [-0.39, 0.29) is 11.6 Å². The fourth-order valence-corrected chi connectivity index (χ4v) is 3.06. The fraction of sp³-hybridized carbons (Fsp3) is 0.462. The lowest BCUT2D eigenvalue weighted by Crippen LogP contribution is -2.43. The molecule has 1 heterocycles. The van der Waals surface area contributed by atoms with Gasteiger partial charge in [-0.25, -0.2) is 0 Å². The molecule has 1 aromatic carbocycles. The van der Waals surface area contributed by atoms with Crippen molar-refractivity contribution in [3.63, 3.8) is 0 Å². The molecule has 0 saturated carbocycles. The highest BCUT2D eigenvalue weighted by molar-refractivity contribution is 14.1. The summed E-state index contributed by atoms with van der Waals surface area (Å²) >= 11 is 2.10. The van der Waals surface area contributed by atoms with Gasteiger partial charge < -0.3 is 11.1 Å². The predicted molar refractivity (Wildman–Crippen MR) is 88.1 cm³/mol. The molecule has 2 rings (SSSR count). The van der Waals surface area contributed by atoms with Crippen LogP contribution in [0.1, 0.15) is 12.8 Å². The summed E-state index contributed by atoms with van der Waals surface area (Å²) in [7, 11) is 0. The van der Waals surface area contributed by atoms with Crippen molar-refractivity contribution in [3.8, 4) is 0 Å². The maximum Gasteiger partial charge on any atom is 0.270 e. The number of piperidine rings is 1. The molecule has 1 aliphatic heterocycles. The predicted octanol–water partition coefficient (Wildman–Crippen LogP) is 1.56. The van der Waals surface area contributed by atoms with Crippen LogP contribution < -0.4 is 11.1 Å². The van der Waals surface area contributed by atoms with Gasteiger partial charge in [0.1, 0.15) is 0 Å². The van der Waals surface area contributed by atoms with Gasteiger partial charge >= 0.3 is 0 Å². The largest absolute Gasteiger partial charge is 0.381 e. The summed E-state index contributed by atoms with van der Waals surface area (Å²) < 4.78 is 0.835. The molecule has 1 fully saturated rings. The second kappa shape index (κ2) is 7.03. The second-order valence-corrected chi connectivity index (χ2v) is 6.24. The Morgan fingerprint density at radius 3 is 2.67 bits per heavy atom. The summed E-state index contributed by atoms with van der Waals surface area (Å²) in [6.45, 7) is 1.95. The zero-order valence-electron chi connectivity index (χ0n) is 11.4. The van der Waals surface area contributed by atoms with Crippen molar-refractivity contribution >= 4 is 39.9 Å². The number of primary amides is 1. The van der Waals surface area contributed by atoms with Crippen molar-refractivity contribution in [2.24, 2.45) is 5.73 Å². The van der Waals surface area contributed by atoms with Gasteiger partial charge in [0.2, 0.25) is 5.91 Å². The number of carbonyl (C=O) groups is 1. The van der Waals surface area contributed by atoms with Gasteiger partial charge in [0.05, 0.1) is 11.5 Å². The van der Waals surface area contributed by atoms with Crippen LogP contribution in [0.25, 0.3) is 0 Å². The molecule has 1 saturated heterocycles. The van der Waals surface area contributed by atoms with Crippen LogP contribution >= 0.6 is 22.6 Å². The normalized spacial score (nSPS) is 16.6.